The molecule has 0 spiro atoms. The summed E-state index contributed by atoms with van der Waals surface area (Å²) in [4.78, 5) is 24.3. The van der Waals surface area contributed by atoms with E-state index >= 15 is 0 Å². The molecule has 4 heteroatoms. The van der Waals surface area contributed by atoms with Crippen LogP contribution < -0.4 is 5.32 Å². The van der Waals surface area contributed by atoms with Crippen molar-refractivity contribution in [3.05, 3.63) is 64.7 Å². The third kappa shape index (κ3) is 4.44. The topological polar surface area (TPSA) is 55.4 Å². The first-order valence-electron chi connectivity index (χ1n) is 7.99. The van der Waals surface area contributed by atoms with Gasteiger partial charge < -0.3 is 10.1 Å². The minimum atomic E-state index is -0.847. The van der Waals surface area contributed by atoms with Crippen molar-refractivity contribution in [3.63, 3.8) is 0 Å². The number of esters is 1. The second kappa shape index (κ2) is 7.77. The van der Waals surface area contributed by atoms with Gasteiger partial charge in [0.1, 0.15) is 0 Å². The number of carbonyl (C=O) groups excluding carboxylic acids is 2. The quantitative estimate of drug-likeness (QED) is 0.852. The van der Waals surface area contributed by atoms with E-state index in [1.807, 2.05) is 63.2 Å². The van der Waals surface area contributed by atoms with Crippen molar-refractivity contribution in [1.82, 2.24) is 0 Å². The van der Waals surface area contributed by atoms with Gasteiger partial charge in [0, 0.05) is 5.69 Å². The Bertz CT molecular complexity index is 732. The van der Waals surface area contributed by atoms with E-state index in [0.29, 0.717) is 0 Å². The van der Waals surface area contributed by atoms with Crippen LogP contribution in [0.3, 0.4) is 0 Å². The fraction of sp³-hybridized carbons (Fsp3) is 0.300. The summed E-state index contributed by atoms with van der Waals surface area (Å²) in [5.74, 6) is -0.737. The van der Waals surface area contributed by atoms with E-state index in [-0.39, 0.29) is 12.3 Å². The molecule has 0 bridgehead atoms. The Morgan fingerprint density at radius 2 is 1.54 bits per heavy atom. The highest BCUT2D eigenvalue weighted by molar-refractivity contribution is 5.96. The van der Waals surface area contributed by atoms with E-state index in [1.165, 1.54) is 0 Å². The number of carbonyl (C=O) groups is 2. The van der Waals surface area contributed by atoms with Gasteiger partial charge in [-0.3, -0.25) is 9.59 Å². The molecule has 1 N–H and O–H groups in total. The Labute approximate surface area is 142 Å². The zero-order valence-electron chi connectivity index (χ0n) is 14.6. The number of hydrogen-bond acceptors (Lipinski definition) is 3. The van der Waals surface area contributed by atoms with Crippen molar-refractivity contribution in [1.29, 1.82) is 0 Å². The van der Waals surface area contributed by atoms with Gasteiger partial charge in [0.05, 0.1) is 6.42 Å². The molecule has 0 radical (unpaired) electrons. The zero-order chi connectivity index (χ0) is 17.7. The summed E-state index contributed by atoms with van der Waals surface area (Å²) >= 11 is 0. The fourth-order valence-corrected chi connectivity index (χ4v) is 2.49. The molecule has 0 aliphatic rings. The van der Waals surface area contributed by atoms with Gasteiger partial charge in [-0.25, -0.2) is 0 Å². The largest absolute Gasteiger partial charge is 0.452 e. The van der Waals surface area contributed by atoms with Crippen molar-refractivity contribution in [3.8, 4) is 0 Å². The molecule has 4 nitrogen and oxygen atoms in total. The summed E-state index contributed by atoms with van der Waals surface area (Å²) in [6, 6.07) is 13.4. The highest BCUT2D eigenvalue weighted by Crippen LogP contribution is 2.20. The summed E-state index contributed by atoms with van der Waals surface area (Å²) in [7, 11) is 0. The van der Waals surface area contributed by atoms with Gasteiger partial charge in [0.15, 0.2) is 6.10 Å². The smallest absolute Gasteiger partial charge is 0.311 e. The summed E-state index contributed by atoms with van der Waals surface area (Å²) in [6.45, 7) is 7.38. The van der Waals surface area contributed by atoms with Gasteiger partial charge in [-0.05, 0) is 49.9 Å². The van der Waals surface area contributed by atoms with Crippen LogP contribution in [0.25, 0.3) is 0 Å². The number of amides is 1. The van der Waals surface area contributed by atoms with Gasteiger partial charge in [-0.1, -0.05) is 42.5 Å². The number of rotatable bonds is 5. The molecule has 2 rings (SSSR count). The lowest BCUT2D eigenvalue weighted by molar-refractivity contribution is -0.152. The summed E-state index contributed by atoms with van der Waals surface area (Å²) in [5.41, 5.74) is 4.65. The lowest BCUT2D eigenvalue weighted by Gasteiger charge is -2.16. The summed E-state index contributed by atoms with van der Waals surface area (Å²) in [6.07, 6.45) is -0.686. The van der Waals surface area contributed by atoms with Crippen LogP contribution in [0.5, 0.6) is 0 Å². The van der Waals surface area contributed by atoms with E-state index in [4.69, 9.17) is 4.74 Å². The molecular weight excluding hydrogens is 302 g/mol. The van der Waals surface area contributed by atoms with Gasteiger partial charge in [0.2, 0.25) is 0 Å². The molecule has 0 heterocycles. The molecule has 0 aliphatic carbocycles. The normalized spacial score (nSPS) is 11.7. The molecule has 2 aromatic carbocycles. The van der Waals surface area contributed by atoms with Crippen molar-refractivity contribution in [2.75, 3.05) is 5.32 Å². The number of benzene rings is 2. The molecule has 0 fully saturated rings. The standard InChI is InChI=1S/C20H23NO3/c1-13-8-5-6-11-17(13)12-18(22)24-16(4)20(23)21-19-14(2)9-7-10-15(19)3/h5-11,16H,12H2,1-4H3,(H,21,23)/t16-/m1/s1. The third-order valence-electron chi connectivity index (χ3n) is 4.00. The third-order valence-corrected chi connectivity index (χ3v) is 4.00. The van der Waals surface area contributed by atoms with Crippen LogP contribution in [-0.2, 0) is 20.7 Å². The molecule has 24 heavy (non-hydrogen) atoms. The number of anilines is 1. The Kier molecular flexibility index (Phi) is 5.74. The lowest BCUT2D eigenvalue weighted by Crippen LogP contribution is -2.31. The van der Waals surface area contributed by atoms with Gasteiger partial charge in [-0.2, -0.15) is 0 Å². The second-order valence-corrected chi connectivity index (χ2v) is 5.99. The van der Waals surface area contributed by atoms with Crippen LogP contribution in [0.1, 0.15) is 29.2 Å². The maximum atomic E-state index is 12.3. The minimum Gasteiger partial charge on any atom is -0.452 e. The van der Waals surface area contributed by atoms with Gasteiger partial charge >= 0.3 is 5.97 Å². The van der Waals surface area contributed by atoms with Crippen LogP contribution in [0.4, 0.5) is 5.69 Å². The SMILES string of the molecule is Cc1ccccc1CC(=O)O[C@H](C)C(=O)Nc1c(C)cccc1C. The molecule has 2 aromatic rings. The maximum Gasteiger partial charge on any atom is 0.311 e. The number of ether oxygens (including phenoxy) is 1. The van der Waals surface area contributed by atoms with Gasteiger partial charge in [-0.15, -0.1) is 0 Å². The Morgan fingerprint density at radius 1 is 0.958 bits per heavy atom. The maximum absolute atomic E-state index is 12.3. The van der Waals surface area contributed by atoms with Crippen molar-refractivity contribution < 1.29 is 14.3 Å². The molecule has 1 atom stereocenters. The first kappa shape index (κ1) is 17.7. The minimum absolute atomic E-state index is 0.160. The summed E-state index contributed by atoms with van der Waals surface area (Å²) < 4.78 is 5.27. The van der Waals surface area contributed by atoms with Crippen LogP contribution in [0, 0.1) is 20.8 Å². The van der Waals surface area contributed by atoms with Crippen LogP contribution in [-0.4, -0.2) is 18.0 Å². The van der Waals surface area contributed by atoms with Crippen molar-refractivity contribution in [2.45, 2.75) is 40.2 Å². The highest BCUT2D eigenvalue weighted by atomic mass is 16.5. The molecule has 0 unspecified atom stereocenters. The second-order valence-electron chi connectivity index (χ2n) is 5.99. The molecule has 0 saturated heterocycles. The van der Waals surface area contributed by atoms with E-state index in [0.717, 1.165) is 27.9 Å². The average Bonchev–Trinajstić information content (AvgIpc) is 2.53. The predicted octanol–water partition coefficient (Wildman–Crippen LogP) is 3.72. The predicted molar refractivity (Wildman–Crippen MR) is 95.0 cm³/mol. The average molecular weight is 325 g/mol. The van der Waals surface area contributed by atoms with Gasteiger partial charge in [0.25, 0.3) is 5.91 Å². The van der Waals surface area contributed by atoms with Crippen LogP contribution in [0.2, 0.25) is 0 Å². The Balaban J connectivity index is 1.96. The van der Waals surface area contributed by atoms with Crippen molar-refractivity contribution >= 4 is 17.6 Å². The lowest BCUT2D eigenvalue weighted by atomic mass is 10.1. The first-order chi connectivity index (χ1) is 11.4. The zero-order valence-corrected chi connectivity index (χ0v) is 14.6. The molecular formula is C20H23NO3. The molecule has 126 valence electrons. The van der Waals surface area contributed by atoms with Crippen LogP contribution >= 0.6 is 0 Å². The monoisotopic (exact) mass is 325 g/mol. The first-order valence-corrected chi connectivity index (χ1v) is 7.99. The molecule has 0 aromatic heterocycles. The number of aryl methyl sites for hydroxylation is 3. The number of hydrogen-bond donors (Lipinski definition) is 1. The number of para-hydroxylation sites is 1. The molecule has 0 aliphatic heterocycles. The Hall–Kier alpha value is -2.62. The van der Waals surface area contributed by atoms with E-state index in [2.05, 4.69) is 5.32 Å². The fourth-order valence-electron chi connectivity index (χ4n) is 2.49. The van der Waals surface area contributed by atoms with E-state index in [1.54, 1.807) is 6.92 Å². The highest BCUT2D eigenvalue weighted by Gasteiger charge is 2.19. The molecule has 0 saturated carbocycles. The molecule has 1 amide bonds. The van der Waals surface area contributed by atoms with Crippen molar-refractivity contribution in [2.24, 2.45) is 0 Å². The Morgan fingerprint density at radius 3 is 2.17 bits per heavy atom. The number of nitrogens with one attached hydrogen (secondary N) is 1. The summed E-state index contributed by atoms with van der Waals surface area (Å²) in [5, 5.41) is 2.84. The van der Waals surface area contributed by atoms with Crippen LogP contribution in [0.15, 0.2) is 42.5 Å². The van der Waals surface area contributed by atoms with E-state index in [9.17, 15) is 9.59 Å². The van der Waals surface area contributed by atoms with E-state index < -0.39 is 12.1 Å².